The fourth-order valence-electron chi connectivity index (χ4n) is 3.32. The molecule has 0 aliphatic heterocycles. The van der Waals surface area contributed by atoms with Crippen LogP contribution in [0.15, 0.2) is 82.8 Å². The van der Waals surface area contributed by atoms with Crippen molar-refractivity contribution in [2.45, 2.75) is 32.6 Å². The molecule has 0 atom stereocenters. The molecule has 0 heterocycles. The van der Waals surface area contributed by atoms with E-state index in [1.807, 2.05) is 44.2 Å². The number of ether oxygens (including phenoxy) is 1. The number of carbonyl (C=O) groups excluding carboxylic acids is 1. The number of anilines is 1. The maximum Gasteiger partial charge on any atom is 0.264 e. The molecular weight excluding hydrogens is 450 g/mol. The van der Waals surface area contributed by atoms with Gasteiger partial charge in [0.15, 0.2) is 0 Å². The zero-order valence-electron chi connectivity index (χ0n) is 19.8. The summed E-state index contributed by atoms with van der Waals surface area (Å²) in [5, 5.41) is 4.16. The molecule has 34 heavy (non-hydrogen) atoms. The van der Waals surface area contributed by atoms with Crippen LogP contribution in [0.2, 0.25) is 0 Å². The van der Waals surface area contributed by atoms with Gasteiger partial charge in [-0.1, -0.05) is 35.9 Å². The van der Waals surface area contributed by atoms with Gasteiger partial charge in [0, 0.05) is 0 Å². The molecule has 0 aromatic heterocycles. The molecule has 3 aromatic carbocycles. The van der Waals surface area contributed by atoms with Gasteiger partial charge in [0.05, 0.1) is 22.9 Å². The molecule has 0 aliphatic rings. The first kappa shape index (κ1) is 25.0. The Labute approximate surface area is 201 Å². The molecule has 0 bridgehead atoms. The van der Waals surface area contributed by atoms with Gasteiger partial charge in [0.1, 0.15) is 12.3 Å². The molecule has 3 aromatic rings. The summed E-state index contributed by atoms with van der Waals surface area (Å²) in [4.78, 5) is 12.9. The van der Waals surface area contributed by atoms with Gasteiger partial charge in [-0.15, -0.1) is 0 Å². The summed E-state index contributed by atoms with van der Waals surface area (Å²) >= 11 is 0. The standard InChI is InChI=1S/C26H29N3O4S/c1-5-33-23-14-12-22(13-15-23)21(4)27-28-26(30)18-29(25-9-7-6-8-20(25)3)34(31,32)24-16-10-19(2)11-17-24/h6-17H,5,18H2,1-4H3,(H,28,30)/b27-21+. The molecule has 0 saturated carbocycles. The SMILES string of the molecule is CCOc1ccc(/C(C)=N/NC(=O)CN(c2ccccc2C)S(=O)(=O)c2ccc(C)cc2)cc1. The molecule has 3 rings (SSSR count). The van der Waals surface area contributed by atoms with Crippen LogP contribution in [0.1, 0.15) is 30.5 Å². The highest BCUT2D eigenvalue weighted by molar-refractivity contribution is 7.92. The second-order valence-electron chi connectivity index (χ2n) is 7.80. The summed E-state index contributed by atoms with van der Waals surface area (Å²) in [6.07, 6.45) is 0. The Morgan fingerprint density at radius 1 is 0.971 bits per heavy atom. The number of benzene rings is 3. The number of hydrogen-bond donors (Lipinski definition) is 1. The third kappa shape index (κ3) is 6.02. The van der Waals surface area contributed by atoms with E-state index in [1.54, 1.807) is 56.3 Å². The smallest absolute Gasteiger partial charge is 0.264 e. The highest BCUT2D eigenvalue weighted by Gasteiger charge is 2.28. The minimum Gasteiger partial charge on any atom is -0.494 e. The second-order valence-corrected chi connectivity index (χ2v) is 9.66. The van der Waals surface area contributed by atoms with E-state index in [4.69, 9.17) is 4.74 Å². The van der Waals surface area contributed by atoms with Crippen molar-refractivity contribution in [2.24, 2.45) is 5.10 Å². The van der Waals surface area contributed by atoms with Gasteiger partial charge in [0.25, 0.3) is 15.9 Å². The largest absolute Gasteiger partial charge is 0.494 e. The summed E-state index contributed by atoms with van der Waals surface area (Å²) < 4.78 is 33.5. The van der Waals surface area contributed by atoms with Crippen LogP contribution in [0.4, 0.5) is 5.69 Å². The van der Waals surface area contributed by atoms with Crippen molar-refractivity contribution in [2.75, 3.05) is 17.5 Å². The fourth-order valence-corrected chi connectivity index (χ4v) is 4.80. The van der Waals surface area contributed by atoms with Crippen molar-refractivity contribution in [1.29, 1.82) is 0 Å². The van der Waals surface area contributed by atoms with Crippen molar-refractivity contribution in [3.63, 3.8) is 0 Å². The molecule has 0 saturated heterocycles. The maximum absolute atomic E-state index is 13.5. The van der Waals surface area contributed by atoms with Crippen molar-refractivity contribution < 1.29 is 17.9 Å². The highest BCUT2D eigenvalue weighted by atomic mass is 32.2. The molecule has 8 heteroatoms. The Bertz CT molecular complexity index is 1270. The zero-order valence-corrected chi connectivity index (χ0v) is 20.6. The number of nitrogens with zero attached hydrogens (tertiary/aromatic N) is 2. The van der Waals surface area contributed by atoms with Crippen molar-refractivity contribution in [1.82, 2.24) is 5.43 Å². The summed E-state index contributed by atoms with van der Waals surface area (Å²) in [6.45, 7) is 7.52. The molecule has 1 amide bonds. The topological polar surface area (TPSA) is 88.1 Å². The van der Waals surface area contributed by atoms with Gasteiger partial charge >= 0.3 is 0 Å². The first-order chi connectivity index (χ1) is 16.2. The third-order valence-corrected chi connectivity index (χ3v) is 6.99. The van der Waals surface area contributed by atoms with Gasteiger partial charge in [-0.3, -0.25) is 9.10 Å². The second kappa shape index (κ2) is 11.0. The number of rotatable bonds is 9. The van der Waals surface area contributed by atoms with Gasteiger partial charge in [-0.05, 0) is 81.3 Å². The molecule has 0 unspecified atom stereocenters. The van der Waals surface area contributed by atoms with Crippen molar-refractivity contribution >= 4 is 27.3 Å². The maximum atomic E-state index is 13.5. The number of hydrazone groups is 1. The van der Waals surface area contributed by atoms with Crippen LogP contribution in [0.3, 0.4) is 0 Å². The number of sulfonamides is 1. The van der Waals surface area contributed by atoms with E-state index in [2.05, 4.69) is 10.5 Å². The van der Waals surface area contributed by atoms with Crippen LogP contribution in [-0.2, 0) is 14.8 Å². The van der Waals surface area contributed by atoms with Crippen LogP contribution >= 0.6 is 0 Å². The van der Waals surface area contributed by atoms with E-state index >= 15 is 0 Å². The van der Waals surface area contributed by atoms with E-state index in [0.717, 1.165) is 26.7 Å². The number of nitrogens with one attached hydrogen (secondary N) is 1. The van der Waals surface area contributed by atoms with E-state index in [0.29, 0.717) is 18.0 Å². The lowest BCUT2D eigenvalue weighted by molar-refractivity contribution is -0.119. The van der Waals surface area contributed by atoms with Gasteiger partial charge < -0.3 is 4.74 Å². The average Bonchev–Trinajstić information content (AvgIpc) is 2.82. The Balaban J connectivity index is 1.83. The number of carbonyl (C=O) groups is 1. The van der Waals surface area contributed by atoms with Crippen LogP contribution in [0.25, 0.3) is 0 Å². The molecule has 0 spiro atoms. The Morgan fingerprint density at radius 2 is 1.62 bits per heavy atom. The molecule has 0 aliphatic carbocycles. The van der Waals surface area contributed by atoms with E-state index in [-0.39, 0.29) is 4.90 Å². The molecule has 0 fully saturated rings. The van der Waals surface area contributed by atoms with Crippen LogP contribution < -0.4 is 14.5 Å². The van der Waals surface area contributed by atoms with Crippen LogP contribution in [0.5, 0.6) is 5.75 Å². The predicted molar refractivity (Wildman–Crippen MR) is 135 cm³/mol. The summed E-state index contributed by atoms with van der Waals surface area (Å²) in [6, 6.07) is 20.9. The molecule has 178 valence electrons. The molecular formula is C26H29N3O4S. The van der Waals surface area contributed by atoms with Crippen molar-refractivity contribution in [3.05, 3.63) is 89.5 Å². The Hall–Kier alpha value is -3.65. The van der Waals surface area contributed by atoms with Crippen LogP contribution in [-0.4, -0.2) is 33.2 Å². The van der Waals surface area contributed by atoms with Crippen LogP contribution in [0, 0.1) is 13.8 Å². The van der Waals surface area contributed by atoms with E-state index in [1.165, 1.54) is 0 Å². The molecule has 0 radical (unpaired) electrons. The number of amides is 1. The lowest BCUT2D eigenvalue weighted by Gasteiger charge is -2.25. The molecule has 1 N–H and O–H groups in total. The molecule has 7 nitrogen and oxygen atoms in total. The number of aryl methyl sites for hydroxylation is 2. The quantitative estimate of drug-likeness (QED) is 0.363. The highest BCUT2D eigenvalue weighted by Crippen LogP contribution is 2.26. The number of para-hydroxylation sites is 1. The zero-order chi connectivity index (χ0) is 24.7. The average molecular weight is 480 g/mol. The minimum absolute atomic E-state index is 0.114. The minimum atomic E-state index is -3.98. The van der Waals surface area contributed by atoms with E-state index in [9.17, 15) is 13.2 Å². The summed E-state index contributed by atoms with van der Waals surface area (Å²) in [5.74, 6) is 0.197. The normalized spacial score (nSPS) is 11.7. The first-order valence-electron chi connectivity index (χ1n) is 10.9. The predicted octanol–water partition coefficient (Wildman–Crippen LogP) is 4.44. The van der Waals surface area contributed by atoms with Gasteiger partial charge in [-0.2, -0.15) is 5.10 Å². The lowest BCUT2D eigenvalue weighted by atomic mass is 10.1. The van der Waals surface area contributed by atoms with Crippen molar-refractivity contribution in [3.8, 4) is 5.75 Å². The van der Waals surface area contributed by atoms with Gasteiger partial charge in [-0.25, -0.2) is 13.8 Å². The summed E-state index contributed by atoms with van der Waals surface area (Å²) in [7, 11) is -3.98. The fraction of sp³-hybridized carbons (Fsp3) is 0.231. The third-order valence-electron chi connectivity index (χ3n) is 5.21. The number of hydrogen-bond acceptors (Lipinski definition) is 5. The monoisotopic (exact) mass is 479 g/mol. The lowest BCUT2D eigenvalue weighted by Crippen LogP contribution is -2.40. The Morgan fingerprint density at radius 3 is 2.24 bits per heavy atom. The van der Waals surface area contributed by atoms with E-state index < -0.39 is 22.5 Å². The van der Waals surface area contributed by atoms with Gasteiger partial charge in [0.2, 0.25) is 0 Å². The first-order valence-corrected chi connectivity index (χ1v) is 12.4. The Kier molecular flexibility index (Phi) is 8.07. The summed E-state index contributed by atoms with van der Waals surface area (Å²) in [5.41, 5.74) is 5.99.